The maximum atomic E-state index is 13.0. The molecule has 3 rings (SSSR count). The summed E-state index contributed by atoms with van der Waals surface area (Å²) in [5.41, 5.74) is 1.22. The fourth-order valence-electron chi connectivity index (χ4n) is 2.96. The predicted octanol–water partition coefficient (Wildman–Crippen LogP) is 3.91. The third-order valence-electron chi connectivity index (χ3n) is 4.31. The highest BCUT2D eigenvalue weighted by atomic mass is 35.5. The molecule has 0 saturated carbocycles. The van der Waals surface area contributed by atoms with E-state index in [1.165, 1.54) is 18.2 Å². The Morgan fingerprint density at radius 1 is 1.19 bits per heavy atom. The minimum Gasteiger partial charge on any atom is -0.352 e. The number of halogens is 3. The van der Waals surface area contributed by atoms with E-state index in [-0.39, 0.29) is 28.6 Å². The molecule has 26 heavy (non-hydrogen) atoms. The molecule has 1 atom stereocenters. The Balaban J connectivity index is 1.54. The molecule has 1 N–H and O–H groups in total. The van der Waals surface area contributed by atoms with Crippen LogP contribution in [0.2, 0.25) is 10.0 Å². The largest absolute Gasteiger partial charge is 0.352 e. The summed E-state index contributed by atoms with van der Waals surface area (Å²) in [5.74, 6) is -0.546. The Morgan fingerprint density at radius 3 is 2.62 bits per heavy atom. The minimum absolute atomic E-state index is 0.0259. The van der Waals surface area contributed by atoms with Gasteiger partial charge in [0.1, 0.15) is 5.82 Å². The van der Waals surface area contributed by atoms with Crippen LogP contribution in [0.15, 0.2) is 42.5 Å². The van der Waals surface area contributed by atoms with Crippen LogP contribution < -0.4 is 5.32 Å². The highest BCUT2D eigenvalue weighted by Gasteiger charge is 2.29. The van der Waals surface area contributed by atoms with Gasteiger partial charge in [0.25, 0.3) is 5.91 Å². The van der Waals surface area contributed by atoms with E-state index in [4.69, 9.17) is 23.2 Å². The van der Waals surface area contributed by atoms with E-state index in [0.717, 1.165) is 5.56 Å². The van der Waals surface area contributed by atoms with Gasteiger partial charge in [-0.3, -0.25) is 9.59 Å². The van der Waals surface area contributed by atoms with Crippen LogP contribution in [-0.4, -0.2) is 29.8 Å². The van der Waals surface area contributed by atoms with Crippen molar-refractivity contribution < 1.29 is 14.0 Å². The molecule has 2 amide bonds. The molecular weight excluding hydrogens is 378 g/mol. The second-order valence-corrected chi connectivity index (χ2v) is 7.15. The van der Waals surface area contributed by atoms with Crippen molar-refractivity contribution >= 4 is 35.0 Å². The van der Waals surface area contributed by atoms with Gasteiger partial charge >= 0.3 is 0 Å². The van der Waals surface area contributed by atoms with Crippen LogP contribution in [0.3, 0.4) is 0 Å². The lowest BCUT2D eigenvalue weighted by molar-refractivity contribution is -0.128. The quantitative estimate of drug-likeness (QED) is 0.835. The third-order valence-corrected chi connectivity index (χ3v) is 4.86. The van der Waals surface area contributed by atoms with Crippen LogP contribution in [0.25, 0.3) is 0 Å². The van der Waals surface area contributed by atoms with Gasteiger partial charge in [-0.05, 0) is 35.9 Å². The van der Waals surface area contributed by atoms with Crippen LogP contribution in [0, 0.1) is 11.7 Å². The van der Waals surface area contributed by atoms with E-state index >= 15 is 0 Å². The van der Waals surface area contributed by atoms with Crippen molar-refractivity contribution in [3.63, 3.8) is 0 Å². The van der Waals surface area contributed by atoms with Gasteiger partial charge in [0.15, 0.2) is 0 Å². The topological polar surface area (TPSA) is 49.4 Å². The van der Waals surface area contributed by atoms with Gasteiger partial charge in [0, 0.05) is 37.0 Å². The maximum Gasteiger partial charge on any atom is 0.252 e. The summed E-state index contributed by atoms with van der Waals surface area (Å²) < 4.78 is 13.0. The summed E-state index contributed by atoms with van der Waals surface area (Å²) in [6.07, 6.45) is 0.371. The van der Waals surface area contributed by atoms with Gasteiger partial charge in [-0.15, -0.1) is 0 Å². The van der Waals surface area contributed by atoms with Crippen molar-refractivity contribution in [1.29, 1.82) is 0 Å². The predicted molar refractivity (Wildman–Crippen MR) is 98.7 cm³/mol. The number of benzene rings is 2. The van der Waals surface area contributed by atoms with Crippen molar-refractivity contribution in [3.8, 4) is 0 Å². The first-order valence-corrected chi connectivity index (χ1v) is 8.93. The van der Waals surface area contributed by atoms with Crippen LogP contribution >= 0.6 is 23.2 Å². The monoisotopic (exact) mass is 394 g/mol. The molecule has 4 nitrogen and oxygen atoms in total. The zero-order chi connectivity index (χ0) is 18.7. The molecule has 1 aliphatic rings. The van der Waals surface area contributed by atoms with Crippen LogP contribution in [0.4, 0.5) is 4.39 Å². The summed E-state index contributed by atoms with van der Waals surface area (Å²) in [5, 5.41) is 3.57. The Morgan fingerprint density at radius 2 is 1.92 bits per heavy atom. The number of amides is 2. The van der Waals surface area contributed by atoms with Crippen LogP contribution in [-0.2, 0) is 11.3 Å². The normalized spacial score (nSPS) is 16.8. The Labute approximate surface area is 160 Å². The molecule has 136 valence electrons. The van der Waals surface area contributed by atoms with Gasteiger partial charge < -0.3 is 10.2 Å². The number of nitrogens with zero attached hydrogens (tertiary/aromatic N) is 1. The number of carbonyl (C=O) groups excluding carboxylic acids is 2. The minimum atomic E-state index is -0.303. The fraction of sp³-hybridized carbons (Fsp3) is 0.263. The summed E-state index contributed by atoms with van der Waals surface area (Å²) in [6, 6.07) is 10.8. The molecule has 0 aliphatic carbocycles. The van der Waals surface area contributed by atoms with E-state index < -0.39 is 0 Å². The first-order chi connectivity index (χ1) is 12.4. The Hall–Kier alpha value is -2.11. The fourth-order valence-corrected chi connectivity index (χ4v) is 3.45. The van der Waals surface area contributed by atoms with Gasteiger partial charge in [-0.2, -0.15) is 0 Å². The molecule has 1 fully saturated rings. The van der Waals surface area contributed by atoms with Crippen molar-refractivity contribution in [2.24, 2.45) is 5.92 Å². The Bertz CT molecular complexity index is 827. The summed E-state index contributed by atoms with van der Waals surface area (Å²) in [7, 11) is 0. The molecule has 2 aromatic carbocycles. The van der Waals surface area contributed by atoms with E-state index in [2.05, 4.69) is 5.32 Å². The summed E-state index contributed by atoms with van der Waals surface area (Å²) in [4.78, 5) is 26.1. The van der Waals surface area contributed by atoms with E-state index in [1.807, 2.05) is 0 Å². The van der Waals surface area contributed by atoms with Gasteiger partial charge in [-0.25, -0.2) is 4.39 Å². The first kappa shape index (κ1) is 18.7. The highest BCUT2D eigenvalue weighted by Crippen LogP contribution is 2.22. The second kappa shape index (κ2) is 8.06. The molecule has 1 unspecified atom stereocenters. The number of nitrogens with one attached hydrogen (secondary N) is 1. The van der Waals surface area contributed by atoms with Crippen LogP contribution in [0.5, 0.6) is 0 Å². The lowest BCUT2D eigenvalue weighted by Crippen LogP contribution is -2.31. The van der Waals surface area contributed by atoms with Crippen molar-refractivity contribution in [2.45, 2.75) is 13.0 Å². The zero-order valence-electron chi connectivity index (χ0n) is 13.8. The zero-order valence-corrected chi connectivity index (χ0v) is 15.4. The van der Waals surface area contributed by atoms with Crippen molar-refractivity contribution in [2.75, 3.05) is 13.1 Å². The summed E-state index contributed by atoms with van der Waals surface area (Å²) in [6.45, 7) is 1.36. The molecule has 0 aromatic heterocycles. The van der Waals surface area contributed by atoms with E-state index in [0.29, 0.717) is 36.6 Å². The van der Waals surface area contributed by atoms with E-state index in [1.54, 1.807) is 29.2 Å². The number of rotatable bonds is 5. The van der Waals surface area contributed by atoms with Crippen molar-refractivity contribution in [3.05, 3.63) is 69.5 Å². The van der Waals surface area contributed by atoms with Gasteiger partial charge in [0.05, 0.1) is 10.6 Å². The molecule has 1 saturated heterocycles. The van der Waals surface area contributed by atoms with Gasteiger partial charge in [0.2, 0.25) is 5.91 Å². The average Bonchev–Trinajstić information content (AvgIpc) is 2.94. The molecule has 0 spiro atoms. The van der Waals surface area contributed by atoms with Crippen LogP contribution in [0.1, 0.15) is 22.3 Å². The number of hydrogen-bond donors (Lipinski definition) is 1. The number of hydrogen-bond acceptors (Lipinski definition) is 2. The lowest BCUT2D eigenvalue weighted by atomic mass is 10.1. The maximum absolute atomic E-state index is 13.0. The van der Waals surface area contributed by atoms with Crippen molar-refractivity contribution in [1.82, 2.24) is 10.2 Å². The van der Waals surface area contributed by atoms with E-state index in [9.17, 15) is 14.0 Å². The highest BCUT2D eigenvalue weighted by molar-refractivity contribution is 6.36. The summed E-state index contributed by atoms with van der Waals surface area (Å²) >= 11 is 11.9. The second-order valence-electron chi connectivity index (χ2n) is 6.31. The smallest absolute Gasteiger partial charge is 0.252 e. The average molecular weight is 395 g/mol. The molecule has 0 radical (unpaired) electrons. The molecular formula is C19H17Cl2FN2O2. The number of likely N-dealkylation sites (tertiary alicyclic amines) is 1. The SMILES string of the molecule is O=C(NCC1CC(=O)N(Cc2ccc(F)cc2)C1)c1ccc(Cl)cc1Cl. The molecule has 2 aromatic rings. The van der Waals surface area contributed by atoms with Gasteiger partial charge in [-0.1, -0.05) is 35.3 Å². The first-order valence-electron chi connectivity index (χ1n) is 8.18. The molecule has 1 heterocycles. The molecule has 1 aliphatic heterocycles. The number of carbonyl (C=O) groups is 2. The Kier molecular flexibility index (Phi) is 5.79. The third kappa shape index (κ3) is 4.54. The molecule has 0 bridgehead atoms. The molecule has 7 heteroatoms. The lowest BCUT2D eigenvalue weighted by Gasteiger charge is -2.17. The standard InChI is InChI=1S/C19H17Cl2FN2O2/c20-14-3-6-16(17(21)8-14)19(26)23-9-13-7-18(25)24(11-13)10-12-1-4-15(22)5-2-12/h1-6,8,13H,7,9-11H2,(H,23,26).